The molecular formula is C15H14N4. The van der Waals surface area contributed by atoms with Gasteiger partial charge in [0.1, 0.15) is 12.1 Å². The molecule has 0 aliphatic rings. The first-order chi connectivity index (χ1) is 9.24. The van der Waals surface area contributed by atoms with Gasteiger partial charge in [0.2, 0.25) is 0 Å². The Balaban J connectivity index is 1.99. The Morgan fingerprint density at radius 1 is 1.00 bits per heavy atom. The highest BCUT2D eigenvalue weighted by molar-refractivity contribution is 5.82. The zero-order chi connectivity index (χ0) is 13.2. The minimum Gasteiger partial charge on any atom is -0.339 e. The minimum atomic E-state index is 0.824. The summed E-state index contributed by atoms with van der Waals surface area (Å²) in [4.78, 5) is 12.9. The summed E-state index contributed by atoms with van der Waals surface area (Å²) >= 11 is 0. The second kappa shape index (κ2) is 4.65. The lowest BCUT2D eigenvalue weighted by molar-refractivity contribution is 1.06. The van der Waals surface area contributed by atoms with Gasteiger partial charge in [-0.15, -0.1) is 0 Å². The van der Waals surface area contributed by atoms with Gasteiger partial charge in [-0.25, -0.2) is 9.97 Å². The second-order valence-corrected chi connectivity index (χ2v) is 4.47. The van der Waals surface area contributed by atoms with Gasteiger partial charge in [-0.3, -0.25) is 4.98 Å². The summed E-state index contributed by atoms with van der Waals surface area (Å²) in [5, 5.41) is 4.40. The molecule has 0 bridgehead atoms. The molecule has 0 aliphatic heterocycles. The van der Waals surface area contributed by atoms with E-state index < -0.39 is 0 Å². The molecule has 0 saturated heterocycles. The number of anilines is 2. The van der Waals surface area contributed by atoms with Gasteiger partial charge in [-0.2, -0.15) is 0 Å². The van der Waals surface area contributed by atoms with E-state index >= 15 is 0 Å². The van der Waals surface area contributed by atoms with Crippen LogP contribution >= 0.6 is 0 Å². The van der Waals surface area contributed by atoms with Gasteiger partial charge in [0.15, 0.2) is 0 Å². The van der Waals surface area contributed by atoms with Crippen LogP contribution in [0, 0.1) is 13.8 Å². The van der Waals surface area contributed by atoms with Gasteiger partial charge in [0.05, 0.1) is 17.4 Å². The first-order valence-electron chi connectivity index (χ1n) is 6.14. The third-order valence-electron chi connectivity index (χ3n) is 3.19. The maximum Gasteiger partial charge on any atom is 0.136 e. The average molecular weight is 250 g/mol. The number of fused-ring (bicyclic) bond motifs is 1. The smallest absolute Gasteiger partial charge is 0.136 e. The Morgan fingerprint density at radius 3 is 2.74 bits per heavy atom. The van der Waals surface area contributed by atoms with Crippen molar-refractivity contribution in [2.45, 2.75) is 13.8 Å². The van der Waals surface area contributed by atoms with E-state index in [0.29, 0.717) is 0 Å². The fraction of sp³-hybridized carbons (Fsp3) is 0.133. The van der Waals surface area contributed by atoms with Crippen LogP contribution in [-0.4, -0.2) is 15.0 Å². The molecule has 0 amide bonds. The van der Waals surface area contributed by atoms with E-state index in [2.05, 4.69) is 26.3 Å². The van der Waals surface area contributed by atoms with Crippen molar-refractivity contribution in [1.29, 1.82) is 0 Å². The maximum absolute atomic E-state index is 4.42. The number of rotatable bonds is 2. The second-order valence-electron chi connectivity index (χ2n) is 4.47. The molecule has 0 spiro atoms. The van der Waals surface area contributed by atoms with Crippen LogP contribution in [0.1, 0.15) is 11.3 Å². The minimum absolute atomic E-state index is 0.824. The predicted octanol–water partition coefficient (Wildman–Crippen LogP) is 3.39. The highest BCUT2D eigenvalue weighted by Crippen LogP contribution is 2.21. The Hall–Kier alpha value is -2.49. The molecule has 0 radical (unpaired) electrons. The Morgan fingerprint density at radius 2 is 1.84 bits per heavy atom. The first kappa shape index (κ1) is 11.6. The molecule has 94 valence electrons. The Labute approximate surface area is 111 Å². The number of nitrogens with one attached hydrogen (secondary N) is 1. The van der Waals surface area contributed by atoms with Crippen molar-refractivity contribution in [1.82, 2.24) is 15.0 Å². The van der Waals surface area contributed by atoms with Gasteiger partial charge in [-0.05, 0) is 26.0 Å². The summed E-state index contributed by atoms with van der Waals surface area (Å²) in [6.07, 6.45) is 3.39. The number of aryl methyl sites for hydroxylation is 1. The number of hydrogen-bond acceptors (Lipinski definition) is 4. The Kier molecular flexibility index (Phi) is 2.83. The first-order valence-corrected chi connectivity index (χ1v) is 6.14. The van der Waals surface area contributed by atoms with Gasteiger partial charge in [0.25, 0.3) is 0 Å². The third kappa shape index (κ3) is 2.25. The molecule has 0 aliphatic carbocycles. The average Bonchev–Trinajstić information content (AvgIpc) is 2.44. The molecule has 0 unspecified atom stereocenters. The zero-order valence-corrected chi connectivity index (χ0v) is 10.9. The van der Waals surface area contributed by atoms with Crippen molar-refractivity contribution in [2.75, 3.05) is 5.32 Å². The van der Waals surface area contributed by atoms with E-state index in [4.69, 9.17) is 0 Å². The molecule has 0 atom stereocenters. The van der Waals surface area contributed by atoms with E-state index in [1.54, 1.807) is 6.33 Å². The van der Waals surface area contributed by atoms with Gasteiger partial charge >= 0.3 is 0 Å². The molecule has 4 nitrogen and oxygen atoms in total. The number of nitrogens with zero attached hydrogens (tertiary/aromatic N) is 3. The van der Waals surface area contributed by atoms with Crippen LogP contribution in [-0.2, 0) is 0 Å². The highest BCUT2D eigenvalue weighted by atomic mass is 15.0. The lowest BCUT2D eigenvalue weighted by Gasteiger charge is -2.09. The van der Waals surface area contributed by atoms with Crippen LogP contribution in [0.5, 0.6) is 0 Å². The topological polar surface area (TPSA) is 50.7 Å². The van der Waals surface area contributed by atoms with E-state index in [-0.39, 0.29) is 0 Å². The number of pyridine rings is 1. The number of benzene rings is 1. The molecule has 3 rings (SSSR count). The molecule has 19 heavy (non-hydrogen) atoms. The van der Waals surface area contributed by atoms with Crippen LogP contribution in [0.25, 0.3) is 10.9 Å². The normalized spacial score (nSPS) is 10.6. The van der Waals surface area contributed by atoms with Crippen molar-refractivity contribution in [3.63, 3.8) is 0 Å². The third-order valence-corrected chi connectivity index (χ3v) is 3.19. The van der Waals surface area contributed by atoms with E-state index in [1.807, 2.05) is 44.3 Å². The molecule has 0 saturated carbocycles. The van der Waals surface area contributed by atoms with Crippen molar-refractivity contribution in [3.05, 3.63) is 54.1 Å². The molecule has 2 aromatic heterocycles. The maximum atomic E-state index is 4.42. The molecule has 4 heteroatoms. The van der Waals surface area contributed by atoms with Crippen LogP contribution in [0.15, 0.2) is 42.9 Å². The SMILES string of the molecule is Cc1ncnc(Nc2cnc3ccccc3c2)c1C. The summed E-state index contributed by atoms with van der Waals surface area (Å²) in [7, 11) is 0. The van der Waals surface area contributed by atoms with Crippen LogP contribution in [0.2, 0.25) is 0 Å². The molecule has 1 N–H and O–H groups in total. The van der Waals surface area contributed by atoms with Crippen LogP contribution in [0.4, 0.5) is 11.5 Å². The molecule has 1 aromatic carbocycles. The van der Waals surface area contributed by atoms with Crippen molar-refractivity contribution in [2.24, 2.45) is 0 Å². The molecular weight excluding hydrogens is 236 g/mol. The summed E-state index contributed by atoms with van der Waals surface area (Å²) in [5.41, 5.74) is 3.95. The van der Waals surface area contributed by atoms with Gasteiger partial charge in [-0.1, -0.05) is 18.2 Å². The van der Waals surface area contributed by atoms with E-state index in [0.717, 1.165) is 33.7 Å². The van der Waals surface area contributed by atoms with Crippen molar-refractivity contribution >= 4 is 22.4 Å². The van der Waals surface area contributed by atoms with Gasteiger partial charge < -0.3 is 5.32 Å². The fourth-order valence-electron chi connectivity index (χ4n) is 1.94. The monoisotopic (exact) mass is 250 g/mol. The Bertz CT molecular complexity index is 737. The number of para-hydroxylation sites is 1. The summed E-state index contributed by atoms with van der Waals surface area (Å²) in [6, 6.07) is 10.1. The fourth-order valence-corrected chi connectivity index (χ4v) is 1.94. The quantitative estimate of drug-likeness (QED) is 0.757. The van der Waals surface area contributed by atoms with Crippen LogP contribution < -0.4 is 5.32 Å². The highest BCUT2D eigenvalue weighted by Gasteiger charge is 2.04. The van der Waals surface area contributed by atoms with E-state index in [9.17, 15) is 0 Å². The van der Waals surface area contributed by atoms with E-state index in [1.165, 1.54) is 0 Å². The largest absolute Gasteiger partial charge is 0.339 e. The number of aromatic nitrogens is 3. The molecule has 2 heterocycles. The lowest BCUT2D eigenvalue weighted by atomic mass is 10.2. The van der Waals surface area contributed by atoms with Crippen molar-refractivity contribution < 1.29 is 0 Å². The molecule has 3 aromatic rings. The summed E-state index contributed by atoms with van der Waals surface area (Å²) < 4.78 is 0. The van der Waals surface area contributed by atoms with Crippen molar-refractivity contribution in [3.8, 4) is 0 Å². The summed E-state index contributed by atoms with van der Waals surface area (Å²) in [6.45, 7) is 3.98. The predicted molar refractivity (Wildman–Crippen MR) is 76.5 cm³/mol. The number of hydrogen-bond donors (Lipinski definition) is 1. The van der Waals surface area contributed by atoms with Gasteiger partial charge in [0, 0.05) is 16.6 Å². The summed E-state index contributed by atoms with van der Waals surface area (Å²) in [5.74, 6) is 0.824. The molecule has 0 fully saturated rings. The van der Waals surface area contributed by atoms with Crippen LogP contribution in [0.3, 0.4) is 0 Å². The zero-order valence-electron chi connectivity index (χ0n) is 10.9. The standard InChI is InChI=1S/C15H14N4/c1-10-11(2)17-9-18-15(10)19-13-7-12-5-3-4-6-14(12)16-8-13/h3-9H,1-2H3,(H,17,18,19). The lowest BCUT2D eigenvalue weighted by Crippen LogP contribution is -2.00.